The zero-order chi connectivity index (χ0) is 22.9. The lowest BCUT2D eigenvalue weighted by Gasteiger charge is -2.09. The molecule has 4 aromatic rings. The van der Waals surface area contributed by atoms with Crippen LogP contribution in [0.2, 0.25) is 0 Å². The van der Waals surface area contributed by atoms with Gasteiger partial charge in [0, 0.05) is 25.2 Å². The first-order valence-corrected chi connectivity index (χ1v) is 11.7. The Morgan fingerprint density at radius 3 is 2.31 bits per heavy atom. The van der Waals surface area contributed by atoms with E-state index in [0.717, 1.165) is 28.9 Å². The molecule has 0 atom stereocenters. The van der Waals surface area contributed by atoms with E-state index in [-0.39, 0.29) is 10.8 Å². The number of imidazole rings is 1. The van der Waals surface area contributed by atoms with Crippen molar-refractivity contribution in [3.8, 4) is 11.4 Å². The third-order valence-corrected chi connectivity index (χ3v) is 6.80. The number of carbonyl (C=O) groups excluding carboxylic acids is 1. The molecule has 0 aliphatic rings. The van der Waals surface area contributed by atoms with Gasteiger partial charge < -0.3 is 9.88 Å². The molecule has 0 aliphatic carbocycles. The summed E-state index contributed by atoms with van der Waals surface area (Å²) in [5.41, 5.74) is 4.48. The molecule has 1 aromatic heterocycles. The minimum absolute atomic E-state index is 0.150. The fourth-order valence-electron chi connectivity index (χ4n) is 3.55. The first-order valence-electron chi connectivity index (χ1n) is 10.2. The molecule has 8 heteroatoms. The van der Waals surface area contributed by atoms with Crippen molar-refractivity contribution in [3.63, 3.8) is 0 Å². The maximum atomic E-state index is 12.8. The Bertz CT molecular complexity index is 1390. The van der Waals surface area contributed by atoms with Crippen molar-refractivity contribution in [2.75, 3.05) is 11.8 Å². The molecular weight excluding hydrogens is 424 g/mol. The van der Waals surface area contributed by atoms with E-state index in [2.05, 4.69) is 10.0 Å². The molecule has 1 heterocycles. The molecule has 32 heavy (non-hydrogen) atoms. The molecule has 0 aliphatic heterocycles. The number of anilines is 1. The number of rotatable bonds is 6. The Morgan fingerprint density at radius 1 is 1.00 bits per heavy atom. The predicted molar refractivity (Wildman–Crippen MR) is 126 cm³/mol. The summed E-state index contributed by atoms with van der Waals surface area (Å²) < 4.78 is 30.1. The predicted octanol–water partition coefficient (Wildman–Crippen LogP) is 3.96. The molecule has 7 nitrogen and oxygen atoms in total. The molecule has 0 fully saturated rings. The lowest BCUT2D eigenvalue weighted by molar-refractivity contribution is 0.0963. The van der Waals surface area contributed by atoms with Crippen LogP contribution in [0, 0.1) is 0 Å². The summed E-state index contributed by atoms with van der Waals surface area (Å²) in [5, 5.41) is 2.60. The van der Waals surface area contributed by atoms with Gasteiger partial charge in [-0.05, 0) is 54.4 Å². The van der Waals surface area contributed by atoms with Crippen molar-refractivity contribution in [2.45, 2.75) is 18.2 Å². The molecule has 0 bridgehead atoms. The second kappa shape index (κ2) is 8.47. The number of aryl methyl sites for hydroxylation is 2. The van der Waals surface area contributed by atoms with Crippen LogP contribution in [0.25, 0.3) is 22.4 Å². The number of fused-ring (bicyclic) bond motifs is 1. The van der Waals surface area contributed by atoms with E-state index >= 15 is 0 Å². The number of aromatic nitrogens is 2. The third kappa shape index (κ3) is 4.09. The second-order valence-corrected chi connectivity index (χ2v) is 9.14. The number of sulfonamides is 1. The van der Waals surface area contributed by atoms with Gasteiger partial charge in [0.25, 0.3) is 15.9 Å². The summed E-state index contributed by atoms with van der Waals surface area (Å²) in [6, 6.07) is 19.3. The largest absolute Gasteiger partial charge is 0.355 e. The van der Waals surface area contributed by atoms with Gasteiger partial charge in [0.1, 0.15) is 5.82 Å². The van der Waals surface area contributed by atoms with Gasteiger partial charge in [-0.15, -0.1) is 0 Å². The number of nitrogens with zero attached hydrogens (tertiary/aromatic N) is 2. The Hall–Kier alpha value is -3.65. The molecule has 0 unspecified atom stereocenters. The van der Waals surface area contributed by atoms with Crippen molar-refractivity contribution in [2.24, 2.45) is 7.05 Å². The van der Waals surface area contributed by atoms with Gasteiger partial charge in [-0.3, -0.25) is 9.52 Å². The summed E-state index contributed by atoms with van der Waals surface area (Å²) in [7, 11) is -0.210. The van der Waals surface area contributed by atoms with Crippen molar-refractivity contribution >= 4 is 32.7 Å². The number of amides is 1. The average molecular weight is 449 g/mol. The van der Waals surface area contributed by atoms with Crippen LogP contribution < -0.4 is 10.0 Å². The minimum Gasteiger partial charge on any atom is -0.355 e. The zero-order valence-corrected chi connectivity index (χ0v) is 18.9. The van der Waals surface area contributed by atoms with Crippen molar-refractivity contribution in [1.82, 2.24) is 14.9 Å². The maximum absolute atomic E-state index is 12.8. The SMILES string of the molecule is CCc1ccc(S(=O)(=O)Nc2ccc3c(c2)nc(-c2ccc(C(=O)NC)cc2)n3C)cc1. The average Bonchev–Trinajstić information content (AvgIpc) is 3.14. The summed E-state index contributed by atoms with van der Waals surface area (Å²) in [6.45, 7) is 2.02. The van der Waals surface area contributed by atoms with E-state index in [1.165, 1.54) is 0 Å². The van der Waals surface area contributed by atoms with Gasteiger partial charge in [-0.1, -0.05) is 31.2 Å². The zero-order valence-electron chi connectivity index (χ0n) is 18.1. The van der Waals surface area contributed by atoms with Crippen LogP contribution in [0.15, 0.2) is 71.6 Å². The number of nitrogens with one attached hydrogen (secondary N) is 2. The highest BCUT2D eigenvalue weighted by molar-refractivity contribution is 7.92. The van der Waals surface area contributed by atoms with Crippen LogP contribution in [0.1, 0.15) is 22.8 Å². The fraction of sp³-hybridized carbons (Fsp3) is 0.167. The fourth-order valence-corrected chi connectivity index (χ4v) is 4.60. The summed E-state index contributed by atoms with van der Waals surface area (Å²) in [4.78, 5) is 16.7. The summed E-state index contributed by atoms with van der Waals surface area (Å²) >= 11 is 0. The van der Waals surface area contributed by atoms with Gasteiger partial charge >= 0.3 is 0 Å². The van der Waals surface area contributed by atoms with Crippen LogP contribution in [0.3, 0.4) is 0 Å². The van der Waals surface area contributed by atoms with Crippen LogP contribution in [-0.4, -0.2) is 30.9 Å². The highest BCUT2D eigenvalue weighted by Gasteiger charge is 2.16. The van der Waals surface area contributed by atoms with E-state index in [4.69, 9.17) is 4.98 Å². The molecule has 4 rings (SSSR count). The normalized spacial score (nSPS) is 11.5. The molecule has 0 radical (unpaired) electrons. The summed E-state index contributed by atoms with van der Waals surface area (Å²) in [5.74, 6) is 0.571. The number of hydrogen-bond acceptors (Lipinski definition) is 4. The second-order valence-electron chi connectivity index (χ2n) is 7.46. The van der Waals surface area contributed by atoms with Crippen molar-refractivity contribution < 1.29 is 13.2 Å². The summed E-state index contributed by atoms with van der Waals surface area (Å²) in [6.07, 6.45) is 0.848. The molecule has 2 N–H and O–H groups in total. The molecule has 3 aromatic carbocycles. The molecule has 1 amide bonds. The molecule has 0 saturated heterocycles. The number of benzene rings is 3. The van der Waals surface area contributed by atoms with Crippen molar-refractivity contribution in [3.05, 3.63) is 77.9 Å². The van der Waals surface area contributed by atoms with Gasteiger partial charge in [0.05, 0.1) is 21.6 Å². The highest BCUT2D eigenvalue weighted by Crippen LogP contribution is 2.27. The molecule has 0 saturated carbocycles. The van der Waals surface area contributed by atoms with E-state index in [1.54, 1.807) is 43.4 Å². The first-order chi connectivity index (χ1) is 15.3. The van der Waals surface area contributed by atoms with Gasteiger partial charge in [-0.25, -0.2) is 13.4 Å². The van der Waals surface area contributed by atoms with Crippen LogP contribution in [0.4, 0.5) is 5.69 Å². The molecule has 0 spiro atoms. The molecular formula is C24H24N4O3S. The van der Waals surface area contributed by atoms with Gasteiger partial charge in [0.2, 0.25) is 0 Å². The smallest absolute Gasteiger partial charge is 0.261 e. The van der Waals surface area contributed by atoms with Crippen LogP contribution in [0.5, 0.6) is 0 Å². The quantitative estimate of drug-likeness (QED) is 0.467. The monoisotopic (exact) mass is 448 g/mol. The topological polar surface area (TPSA) is 93.1 Å². The lowest BCUT2D eigenvalue weighted by Crippen LogP contribution is -2.17. The third-order valence-electron chi connectivity index (χ3n) is 5.41. The van der Waals surface area contributed by atoms with Gasteiger partial charge in [0.15, 0.2) is 0 Å². The first kappa shape index (κ1) is 21.6. The Morgan fingerprint density at radius 2 is 1.69 bits per heavy atom. The Balaban J connectivity index is 1.64. The van der Waals surface area contributed by atoms with Crippen LogP contribution in [-0.2, 0) is 23.5 Å². The number of carbonyl (C=O) groups is 1. The van der Waals surface area contributed by atoms with E-state index < -0.39 is 10.0 Å². The number of hydrogen-bond donors (Lipinski definition) is 2. The minimum atomic E-state index is -3.70. The Labute approximate surface area is 187 Å². The van der Waals surface area contributed by atoms with E-state index in [1.807, 2.05) is 48.9 Å². The maximum Gasteiger partial charge on any atom is 0.261 e. The van der Waals surface area contributed by atoms with Crippen molar-refractivity contribution in [1.29, 1.82) is 0 Å². The lowest BCUT2D eigenvalue weighted by atomic mass is 10.1. The van der Waals surface area contributed by atoms with Crippen LogP contribution >= 0.6 is 0 Å². The molecule has 164 valence electrons. The Kier molecular flexibility index (Phi) is 5.71. The van der Waals surface area contributed by atoms with Gasteiger partial charge in [-0.2, -0.15) is 0 Å². The van der Waals surface area contributed by atoms with E-state index in [0.29, 0.717) is 16.8 Å². The standard InChI is InChI=1S/C24H24N4O3S/c1-4-16-5-12-20(13-6-16)32(30,31)27-19-11-14-22-21(15-19)26-23(28(22)3)17-7-9-18(10-8-17)24(29)25-2/h5-15,27H,4H2,1-3H3,(H,25,29). The highest BCUT2D eigenvalue weighted by atomic mass is 32.2. The van der Waals surface area contributed by atoms with E-state index in [9.17, 15) is 13.2 Å².